The van der Waals surface area contributed by atoms with Gasteiger partial charge in [0.25, 0.3) is 5.91 Å². The van der Waals surface area contributed by atoms with Crippen LogP contribution in [0.5, 0.6) is 0 Å². The number of benzene rings is 1. The predicted molar refractivity (Wildman–Crippen MR) is 123 cm³/mol. The van der Waals surface area contributed by atoms with Gasteiger partial charge in [-0.15, -0.1) is 0 Å². The van der Waals surface area contributed by atoms with E-state index in [0.717, 1.165) is 36.1 Å². The summed E-state index contributed by atoms with van der Waals surface area (Å²) in [4.78, 5) is 32.4. The SMILES string of the molecule is Cc1ccc(-c2cc(C(=O)N3CC(C(=O)NCc4ccccn4)C4(CCC4)C3)no2)c(C)c1. The summed E-state index contributed by atoms with van der Waals surface area (Å²) < 4.78 is 5.52. The van der Waals surface area contributed by atoms with Crippen LogP contribution in [0.2, 0.25) is 0 Å². The summed E-state index contributed by atoms with van der Waals surface area (Å²) in [5.41, 5.74) is 4.14. The number of aryl methyl sites for hydroxylation is 2. The Hall–Kier alpha value is -3.48. The number of hydrogen-bond acceptors (Lipinski definition) is 5. The summed E-state index contributed by atoms with van der Waals surface area (Å²) in [6.07, 6.45) is 4.73. The number of likely N-dealkylation sites (tertiary alicyclic amines) is 1. The Labute approximate surface area is 193 Å². The van der Waals surface area contributed by atoms with Crippen LogP contribution in [0.1, 0.15) is 46.6 Å². The summed E-state index contributed by atoms with van der Waals surface area (Å²) >= 11 is 0. The van der Waals surface area contributed by atoms with Gasteiger partial charge in [0, 0.05) is 36.3 Å². The molecule has 7 nitrogen and oxygen atoms in total. The van der Waals surface area contributed by atoms with Crippen LogP contribution < -0.4 is 5.32 Å². The number of carbonyl (C=O) groups is 2. The molecule has 1 unspecified atom stereocenters. The molecule has 1 atom stereocenters. The smallest absolute Gasteiger partial charge is 0.276 e. The Bertz CT molecular complexity index is 1180. The van der Waals surface area contributed by atoms with E-state index in [1.807, 2.05) is 44.2 Å². The standard InChI is InChI=1S/C26H28N4O3/c1-17-7-8-20(18(2)12-17)23-13-22(29-33-23)25(32)30-15-21(26(16-30)9-5-10-26)24(31)28-14-19-6-3-4-11-27-19/h3-4,6-8,11-13,21H,5,9-10,14-16H2,1-2H3,(H,28,31). The second-order valence-corrected chi connectivity index (χ2v) is 9.39. The van der Waals surface area contributed by atoms with Crippen molar-refractivity contribution in [2.24, 2.45) is 11.3 Å². The first-order chi connectivity index (χ1) is 15.9. The third-order valence-electron chi connectivity index (χ3n) is 7.15. The summed E-state index contributed by atoms with van der Waals surface area (Å²) in [6.45, 7) is 5.43. The highest BCUT2D eigenvalue weighted by Crippen LogP contribution is 2.52. The highest BCUT2D eigenvalue weighted by Gasteiger charge is 2.54. The lowest BCUT2D eigenvalue weighted by Gasteiger charge is -2.41. The van der Waals surface area contributed by atoms with Crippen molar-refractivity contribution < 1.29 is 14.1 Å². The maximum atomic E-state index is 13.3. The van der Waals surface area contributed by atoms with E-state index >= 15 is 0 Å². The number of pyridine rings is 1. The Morgan fingerprint density at radius 1 is 1.18 bits per heavy atom. The Morgan fingerprint density at radius 2 is 2.03 bits per heavy atom. The van der Waals surface area contributed by atoms with Crippen molar-refractivity contribution in [3.8, 4) is 11.3 Å². The lowest BCUT2D eigenvalue weighted by atomic mass is 9.62. The molecule has 1 aliphatic heterocycles. The molecule has 2 fully saturated rings. The second-order valence-electron chi connectivity index (χ2n) is 9.39. The molecule has 1 N–H and O–H groups in total. The van der Waals surface area contributed by atoms with Crippen LogP contribution in [0.25, 0.3) is 11.3 Å². The van der Waals surface area contributed by atoms with E-state index in [0.29, 0.717) is 25.4 Å². The largest absolute Gasteiger partial charge is 0.355 e. The molecule has 7 heteroatoms. The topological polar surface area (TPSA) is 88.3 Å². The fourth-order valence-corrected chi connectivity index (χ4v) is 5.18. The molecule has 2 aliphatic rings. The first kappa shape index (κ1) is 21.4. The lowest BCUT2D eigenvalue weighted by Crippen LogP contribution is -2.45. The van der Waals surface area contributed by atoms with Crippen molar-refractivity contribution in [2.75, 3.05) is 13.1 Å². The first-order valence-electron chi connectivity index (χ1n) is 11.5. The molecule has 33 heavy (non-hydrogen) atoms. The number of nitrogens with one attached hydrogen (secondary N) is 1. The molecule has 1 aromatic carbocycles. The monoisotopic (exact) mass is 444 g/mol. The minimum atomic E-state index is -0.218. The maximum Gasteiger partial charge on any atom is 0.276 e. The Kier molecular flexibility index (Phi) is 5.48. The molecule has 1 saturated carbocycles. The third-order valence-corrected chi connectivity index (χ3v) is 7.15. The highest BCUT2D eigenvalue weighted by molar-refractivity contribution is 5.94. The van der Waals surface area contributed by atoms with Gasteiger partial charge in [-0.05, 0) is 44.4 Å². The predicted octanol–water partition coefficient (Wildman–Crippen LogP) is 3.91. The molecule has 0 bridgehead atoms. The van der Waals surface area contributed by atoms with E-state index in [9.17, 15) is 9.59 Å². The summed E-state index contributed by atoms with van der Waals surface area (Å²) in [6, 6.07) is 13.4. The molecule has 3 aromatic rings. The fraction of sp³-hybridized carbons (Fsp3) is 0.385. The van der Waals surface area contributed by atoms with E-state index in [2.05, 4.69) is 21.5 Å². The molecule has 170 valence electrons. The van der Waals surface area contributed by atoms with Gasteiger partial charge in [-0.2, -0.15) is 0 Å². The van der Waals surface area contributed by atoms with Gasteiger partial charge in [-0.1, -0.05) is 41.4 Å². The molecule has 0 radical (unpaired) electrons. The van der Waals surface area contributed by atoms with Crippen molar-refractivity contribution in [2.45, 2.75) is 39.7 Å². The molecule has 5 rings (SSSR count). The maximum absolute atomic E-state index is 13.3. The average molecular weight is 445 g/mol. The summed E-state index contributed by atoms with van der Waals surface area (Å²) in [5.74, 6) is 0.176. The molecule has 1 spiro atoms. The van der Waals surface area contributed by atoms with E-state index < -0.39 is 0 Å². The third kappa shape index (κ3) is 4.03. The zero-order valence-corrected chi connectivity index (χ0v) is 19.0. The van der Waals surface area contributed by atoms with E-state index in [1.165, 1.54) is 5.56 Å². The molecular weight excluding hydrogens is 416 g/mol. The van der Waals surface area contributed by atoms with Gasteiger partial charge in [0.2, 0.25) is 5.91 Å². The Morgan fingerprint density at radius 3 is 2.73 bits per heavy atom. The minimum Gasteiger partial charge on any atom is -0.355 e. The number of carbonyl (C=O) groups excluding carboxylic acids is 2. The zero-order valence-electron chi connectivity index (χ0n) is 19.0. The molecule has 2 aromatic heterocycles. The molecular formula is C26H28N4O3. The summed E-state index contributed by atoms with van der Waals surface area (Å²) in [5, 5.41) is 7.09. The van der Waals surface area contributed by atoms with Crippen molar-refractivity contribution in [3.05, 3.63) is 71.2 Å². The summed E-state index contributed by atoms with van der Waals surface area (Å²) in [7, 11) is 0. The molecule has 2 amide bonds. The number of hydrogen-bond donors (Lipinski definition) is 1. The van der Waals surface area contributed by atoms with Crippen LogP contribution in [0.4, 0.5) is 0 Å². The first-order valence-corrected chi connectivity index (χ1v) is 11.5. The number of aromatic nitrogens is 2. The molecule has 1 aliphatic carbocycles. The quantitative estimate of drug-likeness (QED) is 0.645. The number of rotatable bonds is 5. The average Bonchev–Trinajstić information content (AvgIpc) is 3.43. The number of amides is 2. The van der Waals surface area contributed by atoms with Gasteiger partial charge in [0.05, 0.1) is 18.2 Å². The Balaban J connectivity index is 1.29. The van der Waals surface area contributed by atoms with Crippen LogP contribution in [0, 0.1) is 25.2 Å². The van der Waals surface area contributed by atoms with Crippen molar-refractivity contribution in [1.29, 1.82) is 0 Å². The van der Waals surface area contributed by atoms with Gasteiger partial charge < -0.3 is 14.7 Å². The van der Waals surface area contributed by atoms with Gasteiger partial charge >= 0.3 is 0 Å². The fourth-order valence-electron chi connectivity index (χ4n) is 5.18. The van der Waals surface area contributed by atoms with Gasteiger partial charge in [-0.3, -0.25) is 14.6 Å². The second kappa shape index (κ2) is 8.46. The number of nitrogens with zero attached hydrogens (tertiary/aromatic N) is 3. The van der Waals surface area contributed by atoms with Crippen molar-refractivity contribution >= 4 is 11.8 Å². The zero-order chi connectivity index (χ0) is 23.0. The van der Waals surface area contributed by atoms with E-state index in [1.54, 1.807) is 17.2 Å². The van der Waals surface area contributed by atoms with Crippen LogP contribution in [0.15, 0.2) is 53.2 Å². The van der Waals surface area contributed by atoms with Gasteiger partial charge in [-0.25, -0.2) is 0 Å². The minimum absolute atomic E-state index is 0.00762. The van der Waals surface area contributed by atoms with Crippen LogP contribution in [0.3, 0.4) is 0 Å². The highest BCUT2D eigenvalue weighted by atomic mass is 16.5. The van der Waals surface area contributed by atoms with Gasteiger partial charge in [0.1, 0.15) is 0 Å². The van der Waals surface area contributed by atoms with Crippen molar-refractivity contribution in [3.63, 3.8) is 0 Å². The van der Waals surface area contributed by atoms with Crippen LogP contribution in [-0.4, -0.2) is 39.9 Å². The van der Waals surface area contributed by atoms with Crippen LogP contribution >= 0.6 is 0 Å². The molecule has 3 heterocycles. The van der Waals surface area contributed by atoms with Crippen molar-refractivity contribution in [1.82, 2.24) is 20.4 Å². The lowest BCUT2D eigenvalue weighted by molar-refractivity contribution is -0.129. The normalized spacial score (nSPS) is 18.8. The van der Waals surface area contributed by atoms with Crippen LogP contribution in [-0.2, 0) is 11.3 Å². The van der Waals surface area contributed by atoms with E-state index in [4.69, 9.17) is 4.52 Å². The van der Waals surface area contributed by atoms with Gasteiger partial charge in [0.15, 0.2) is 11.5 Å². The van der Waals surface area contributed by atoms with E-state index in [-0.39, 0.29) is 28.8 Å². The molecule has 1 saturated heterocycles.